The summed E-state index contributed by atoms with van der Waals surface area (Å²) in [6.07, 6.45) is 22.7. The lowest BCUT2D eigenvalue weighted by atomic mass is 9.69. The van der Waals surface area contributed by atoms with Crippen molar-refractivity contribution >= 4 is 0 Å². The maximum Gasteiger partial charge on any atom is 0.181 e. The molecule has 1 heterocycles. The van der Waals surface area contributed by atoms with Crippen LogP contribution >= 0.6 is 0 Å². The second kappa shape index (κ2) is 9.24. The van der Waals surface area contributed by atoms with Crippen molar-refractivity contribution in [3.63, 3.8) is 0 Å². The molecule has 1 unspecified atom stereocenters. The first kappa shape index (κ1) is 19.0. The lowest BCUT2D eigenvalue weighted by Gasteiger charge is -2.36. The SMILES string of the molecule is CC1CCC(C2CCC(/C=C/C3CCC(COC4CO4)CC3)CC2)CC1. The predicted octanol–water partition coefficient (Wildman–Crippen LogP) is 6.35. The average Bonchev–Trinajstić information content (AvgIpc) is 3.51. The maximum absolute atomic E-state index is 5.71. The van der Waals surface area contributed by atoms with Crippen LogP contribution in [0, 0.1) is 35.5 Å². The molecule has 26 heavy (non-hydrogen) atoms. The van der Waals surface area contributed by atoms with Crippen LogP contribution < -0.4 is 0 Å². The molecule has 0 amide bonds. The molecule has 148 valence electrons. The molecule has 1 atom stereocenters. The van der Waals surface area contributed by atoms with E-state index in [9.17, 15) is 0 Å². The van der Waals surface area contributed by atoms with Gasteiger partial charge in [-0.3, -0.25) is 0 Å². The van der Waals surface area contributed by atoms with Crippen molar-refractivity contribution in [2.75, 3.05) is 13.2 Å². The fourth-order valence-electron chi connectivity index (χ4n) is 5.81. The Morgan fingerprint density at radius 1 is 0.731 bits per heavy atom. The van der Waals surface area contributed by atoms with Crippen molar-refractivity contribution in [2.24, 2.45) is 35.5 Å². The molecule has 0 aromatic heterocycles. The summed E-state index contributed by atoms with van der Waals surface area (Å²) < 4.78 is 10.9. The van der Waals surface area contributed by atoms with E-state index in [4.69, 9.17) is 9.47 Å². The second-order valence-corrected chi connectivity index (χ2v) is 9.96. The third-order valence-corrected chi connectivity index (χ3v) is 7.91. The van der Waals surface area contributed by atoms with Crippen molar-refractivity contribution in [3.05, 3.63) is 12.2 Å². The van der Waals surface area contributed by atoms with Crippen LogP contribution in [0.15, 0.2) is 12.2 Å². The van der Waals surface area contributed by atoms with E-state index in [1.807, 2.05) is 0 Å². The third kappa shape index (κ3) is 5.58. The standard InChI is InChI=1S/C24H40O2/c1-18-2-12-22(13-3-18)23-14-10-20(11-15-23)5-4-19-6-8-21(9-7-19)16-25-24-17-26-24/h4-5,18-24H,2-3,6-17H2,1H3/b5-4+. The zero-order chi connectivity index (χ0) is 17.8. The van der Waals surface area contributed by atoms with Crippen molar-refractivity contribution < 1.29 is 9.47 Å². The molecular weight excluding hydrogens is 320 g/mol. The number of hydrogen-bond donors (Lipinski definition) is 0. The molecule has 2 heteroatoms. The van der Waals surface area contributed by atoms with Crippen molar-refractivity contribution in [3.8, 4) is 0 Å². The molecule has 0 spiro atoms. The van der Waals surface area contributed by atoms with Crippen LogP contribution in [0.3, 0.4) is 0 Å². The van der Waals surface area contributed by atoms with E-state index in [0.29, 0.717) is 0 Å². The summed E-state index contributed by atoms with van der Waals surface area (Å²) in [4.78, 5) is 0. The highest BCUT2D eigenvalue weighted by Gasteiger charge is 2.30. The van der Waals surface area contributed by atoms with Gasteiger partial charge in [-0.05, 0) is 99.7 Å². The highest BCUT2D eigenvalue weighted by atomic mass is 16.8. The minimum Gasteiger partial charge on any atom is -0.350 e. The van der Waals surface area contributed by atoms with E-state index in [1.54, 1.807) is 0 Å². The highest BCUT2D eigenvalue weighted by Crippen LogP contribution is 2.41. The number of allylic oxidation sites excluding steroid dienone is 2. The van der Waals surface area contributed by atoms with Gasteiger partial charge in [-0.15, -0.1) is 0 Å². The Kier molecular flexibility index (Phi) is 6.75. The van der Waals surface area contributed by atoms with Gasteiger partial charge in [0, 0.05) is 0 Å². The summed E-state index contributed by atoms with van der Waals surface area (Å²) in [6.45, 7) is 4.19. The first-order valence-electron chi connectivity index (χ1n) is 11.7. The van der Waals surface area contributed by atoms with Crippen molar-refractivity contribution in [1.82, 2.24) is 0 Å². The Balaban J connectivity index is 1.12. The topological polar surface area (TPSA) is 21.8 Å². The average molecular weight is 361 g/mol. The molecule has 4 rings (SSSR count). The number of ether oxygens (including phenoxy) is 2. The first-order valence-corrected chi connectivity index (χ1v) is 11.7. The van der Waals surface area contributed by atoms with Gasteiger partial charge in [-0.2, -0.15) is 0 Å². The lowest BCUT2D eigenvalue weighted by Crippen LogP contribution is -2.25. The largest absolute Gasteiger partial charge is 0.350 e. The smallest absolute Gasteiger partial charge is 0.181 e. The number of epoxide rings is 1. The van der Waals surface area contributed by atoms with Gasteiger partial charge < -0.3 is 9.47 Å². The zero-order valence-corrected chi connectivity index (χ0v) is 16.9. The highest BCUT2D eigenvalue weighted by molar-refractivity contribution is 4.97. The molecule has 3 aliphatic carbocycles. The first-order chi connectivity index (χ1) is 12.8. The van der Waals surface area contributed by atoms with Crippen LogP contribution in [-0.4, -0.2) is 19.5 Å². The van der Waals surface area contributed by atoms with Gasteiger partial charge in [-0.25, -0.2) is 0 Å². The minimum atomic E-state index is 0.139. The van der Waals surface area contributed by atoms with E-state index in [2.05, 4.69) is 19.1 Å². The fraction of sp³-hybridized carbons (Fsp3) is 0.917. The van der Waals surface area contributed by atoms with Crippen LogP contribution in [0.5, 0.6) is 0 Å². The molecule has 0 aromatic carbocycles. The van der Waals surface area contributed by atoms with Gasteiger partial charge in [0.15, 0.2) is 6.29 Å². The fourth-order valence-corrected chi connectivity index (χ4v) is 5.81. The van der Waals surface area contributed by atoms with Gasteiger partial charge in [0.05, 0.1) is 6.61 Å². The molecule has 3 saturated carbocycles. The Bertz CT molecular complexity index is 431. The third-order valence-electron chi connectivity index (χ3n) is 7.91. The van der Waals surface area contributed by atoms with E-state index in [0.717, 1.165) is 48.7 Å². The Labute approximate surface area is 161 Å². The maximum atomic E-state index is 5.71. The van der Waals surface area contributed by atoms with Crippen molar-refractivity contribution in [2.45, 2.75) is 90.3 Å². The van der Waals surface area contributed by atoms with E-state index in [-0.39, 0.29) is 6.29 Å². The Morgan fingerprint density at radius 3 is 1.77 bits per heavy atom. The van der Waals surface area contributed by atoms with Gasteiger partial charge in [0.25, 0.3) is 0 Å². The Morgan fingerprint density at radius 2 is 1.23 bits per heavy atom. The normalized spacial score (nSPS) is 44.3. The summed E-state index contributed by atoms with van der Waals surface area (Å²) in [7, 11) is 0. The molecule has 1 saturated heterocycles. The van der Waals surface area contributed by atoms with E-state index >= 15 is 0 Å². The minimum absolute atomic E-state index is 0.139. The van der Waals surface area contributed by atoms with Crippen LogP contribution in [0.4, 0.5) is 0 Å². The summed E-state index contributed by atoms with van der Waals surface area (Å²) in [5.74, 6) is 5.60. The van der Waals surface area contributed by atoms with Crippen LogP contribution in [0.2, 0.25) is 0 Å². The van der Waals surface area contributed by atoms with Gasteiger partial charge in [-0.1, -0.05) is 31.9 Å². The number of hydrogen-bond acceptors (Lipinski definition) is 2. The van der Waals surface area contributed by atoms with E-state index in [1.165, 1.54) is 77.0 Å². The molecule has 0 aromatic rings. The van der Waals surface area contributed by atoms with Gasteiger partial charge >= 0.3 is 0 Å². The monoisotopic (exact) mass is 360 g/mol. The summed E-state index contributed by atoms with van der Waals surface area (Å²) in [5, 5.41) is 0. The molecule has 2 nitrogen and oxygen atoms in total. The quantitative estimate of drug-likeness (QED) is 0.406. The summed E-state index contributed by atoms with van der Waals surface area (Å²) in [5.41, 5.74) is 0. The summed E-state index contributed by atoms with van der Waals surface area (Å²) in [6, 6.07) is 0. The second-order valence-electron chi connectivity index (χ2n) is 9.96. The van der Waals surface area contributed by atoms with Crippen LogP contribution in [-0.2, 0) is 9.47 Å². The molecule has 4 aliphatic rings. The van der Waals surface area contributed by atoms with E-state index < -0.39 is 0 Å². The van der Waals surface area contributed by atoms with Gasteiger partial charge in [0.2, 0.25) is 0 Å². The molecule has 0 bridgehead atoms. The predicted molar refractivity (Wildman–Crippen MR) is 107 cm³/mol. The Hall–Kier alpha value is -0.340. The zero-order valence-electron chi connectivity index (χ0n) is 16.9. The molecular formula is C24H40O2. The lowest BCUT2D eigenvalue weighted by molar-refractivity contribution is 0.0180. The molecule has 1 aliphatic heterocycles. The molecule has 4 fully saturated rings. The van der Waals surface area contributed by atoms with Crippen LogP contribution in [0.1, 0.15) is 84.0 Å². The summed E-state index contributed by atoms with van der Waals surface area (Å²) >= 11 is 0. The van der Waals surface area contributed by atoms with Crippen LogP contribution in [0.25, 0.3) is 0 Å². The molecule has 0 radical (unpaired) electrons. The van der Waals surface area contributed by atoms with Crippen molar-refractivity contribution in [1.29, 1.82) is 0 Å². The molecule has 0 N–H and O–H groups in total. The van der Waals surface area contributed by atoms with Gasteiger partial charge in [0.1, 0.15) is 6.61 Å². The number of rotatable bonds is 6.